The van der Waals surface area contributed by atoms with Crippen molar-refractivity contribution in [3.8, 4) is 0 Å². The first kappa shape index (κ1) is 19.0. The third-order valence-electron chi connectivity index (χ3n) is 4.75. The van der Waals surface area contributed by atoms with Gasteiger partial charge in [-0.3, -0.25) is 14.7 Å². The predicted molar refractivity (Wildman–Crippen MR) is 96.3 cm³/mol. The average molecular weight is 339 g/mol. The molecule has 7 nitrogen and oxygen atoms in total. The lowest BCUT2D eigenvalue weighted by Gasteiger charge is -2.34. The van der Waals surface area contributed by atoms with Crippen molar-refractivity contribution in [3.05, 3.63) is 0 Å². The van der Waals surface area contributed by atoms with Crippen LogP contribution in [0.3, 0.4) is 0 Å². The largest absolute Gasteiger partial charge is 0.373 e. The Bertz CT molecular complexity index is 427. The molecule has 1 amide bonds. The van der Waals surface area contributed by atoms with E-state index in [-0.39, 0.29) is 11.5 Å². The van der Waals surface area contributed by atoms with Crippen molar-refractivity contribution < 1.29 is 9.53 Å². The molecule has 2 aliphatic heterocycles. The van der Waals surface area contributed by atoms with Gasteiger partial charge < -0.3 is 20.3 Å². The van der Waals surface area contributed by atoms with Gasteiger partial charge in [-0.2, -0.15) is 0 Å². The monoisotopic (exact) mass is 339 g/mol. The molecule has 2 saturated heterocycles. The van der Waals surface area contributed by atoms with Gasteiger partial charge >= 0.3 is 0 Å². The van der Waals surface area contributed by atoms with Crippen molar-refractivity contribution in [3.63, 3.8) is 0 Å². The third-order valence-corrected chi connectivity index (χ3v) is 4.75. The molecular weight excluding hydrogens is 306 g/mol. The molecule has 0 saturated carbocycles. The van der Waals surface area contributed by atoms with Crippen molar-refractivity contribution in [2.45, 2.75) is 39.2 Å². The summed E-state index contributed by atoms with van der Waals surface area (Å²) in [5.74, 6) is 1.04. The van der Waals surface area contributed by atoms with Gasteiger partial charge in [0.25, 0.3) is 0 Å². The topological polar surface area (TPSA) is 69.2 Å². The smallest absolute Gasteiger partial charge is 0.219 e. The van der Waals surface area contributed by atoms with Gasteiger partial charge in [0.1, 0.15) is 0 Å². The number of aliphatic imine (C=N–C) groups is 1. The maximum absolute atomic E-state index is 11.3. The predicted octanol–water partition coefficient (Wildman–Crippen LogP) is 0.275. The SMILES string of the molecule is CCNC(=NCC1(C)CCCO1)NCCN1CCN(C(C)=O)CC1. The number of nitrogens with one attached hydrogen (secondary N) is 2. The summed E-state index contributed by atoms with van der Waals surface area (Å²) in [6.07, 6.45) is 2.21. The molecule has 0 aromatic rings. The maximum Gasteiger partial charge on any atom is 0.219 e. The molecule has 2 rings (SSSR count). The normalized spacial score (nSPS) is 25.8. The highest BCUT2D eigenvalue weighted by molar-refractivity contribution is 5.79. The minimum absolute atomic E-state index is 0.106. The van der Waals surface area contributed by atoms with Gasteiger partial charge in [-0.25, -0.2) is 0 Å². The molecule has 1 atom stereocenters. The van der Waals surface area contributed by atoms with E-state index in [1.165, 1.54) is 0 Å². The van der Waals surface area contributed by atoms with Crippen LogP contribution in [-0.2, 0) is 9.53 Å². The van der Waals surface area contributed by atoms with Gasteiger partial charge in [0.2, 0.25) is 5.91 Å². The minimum Gasteiger partial charge on any atom is -0.373 e. The molecule has 1 unspecified atom stereocenters. The van der Waals surface area contributed by atoms with Gasteiger partial charge in [-0.05, 0) is 26.7 Å². The molecule has 2 heterocycles. The summed E-state index contributed by atoms with van der Waals surface area (Å²) in [5, 5.41) is 6.70. The zero-order chi connectivity index (χ0) is 17.4. The first-order valence-electron chi connectivity index (χ1n) is 9.16. The van der Waals surface area contributed by atoms with E-state index in [4.69, 9.17) is 4.74 Å². The second-order valence-corrected chi connectivity index (χ2v) is 6.87. The summed E-state index contributed by atoms with van der Waals surface area (Å²) in [6.45, 7) is 13.6. The van der Waals surface area contributed by atoms with Crippen molar-refractivity contribution in [2.24, 2.45) is 4.99 Å². The van der Waals surface area contributed by atoms with Gasteiger partial charge in [-0.15, -0.1) is 0 Å². The van der Waals surface area contributed by atoms with Crippen LogP contribution in [-0.4, -0.2) is 86.2 Å². The second-order valence-electron chi connectivity index (χ2n) is 6.87. The molecule has 2 aliphatic rings. The van der Waals surface area contributed by atoms with E-state index in [0.717, 1.165) is 71.2 Å². The Kier molecular flexibility index (Phi) is 7.30. The number of hydrogen-bond acceptors (Lipinski definition) is 4. The van der Waals surface area contributed by atoms with E-state index in [1.54, 1.807) is 6.92 Å². The molecule has 2 fully saturated rings. The van der Waals surface area contributed by atoms with E-state index in [9.17, 15) is 4.79 Å². The number of hydrogen-bond donors (Lipinski definition) is 2. The van der Waals surface area contributed by atoms with Crippen molar-refractivity contribution in [1.82, 2.24) is 20.4 Å². The highest BCUT2D eigenvalue weighted by atomic mass is 16.5. The molecule has 0 aromatic heterocycles. The average Bonchev–Trinajstić information content (AvgIpc) is 3.00. The fraction of sp³-hybridized carbons (Fsp3) is 0.882. The van der Waals surface area contributed by atoms with Crippen molar-refractivity contribution in [1.29, 1.82) is 0 Å². The zero-order valence-electron chi connectivity index (χ0n) is 15.4. The van der Waals surface area contributed by atoms with E-state index >= 15 is 0 Å². The van der Waals surface area contributed by atoms with Gasteiger partial charge in [-0.1, -0.05) is 0 Å². The lowest BCUT2D eigenvalue weighted by Crippen LogP contribution is -2.50. The Morgan fingerprint density at radius 1 is 1.25 bits per heavy atom. The van der Waals surface area contributed by atoms with E-state index in [0.29, 0.717) is 6.54 Å². The number of piperazine rings is 1. The molecule has 0 aliphatic carbocycles. The van der Waals surface area contributed by atoms with Crippen LogP contribution in [0.5, 0.6) is 0 Å². The standard InChI is InChI=1S/C17H33N5O2/c1-4-18-16(20-14-17(3)6-5-13-24-17)19-7-8-21-9-11-22(12-10-21)15(2)23/h4-14H2,1-3H3,(H2,18,19,20). The summed E-state index contributed by atoms with van der Waals surface area (Å²) in [5.41, 5.74) is -0.106. The highest BCUT2D eigenvalue weighted by Gasteiger charge is 2.29. The van der Waals surface area contributed by atoms with E-state index in [1.807, 2.05) is 4.90 Å². The van der Waals surface area contributed by atoms with E-state index in [2.05, 4.69) is 34.4 Å². The third kappa shape index (κ3) is 5.94. The molecular formula is C17H33N5O2. The number of nitrogens with zero attached hydrogens (tertiary/aromatic N) is 3. The molecule has 0 spiro atoms. The van der Waals surface area contributed by atoms with Crippen LogP contribution < -0.4 is 10.6 Å². The summed E-state index contributed by atoms with van der Waals surface area (Å²) < 4.78 is 5.79. The Hall–Kier alpha value is -1.34. The summed E-state index contributed by atoms with van der Waals surface area (Å²) in [4.78, 5) is 20.3. The van der Waals surface area contributed by atoms with Crippen molar-refractivity contribution in [2.75, 3.05) is 59.0 Å². The fourth-order valence-electron chi connectivity index (χ4n) is 3.17. The Morgan fingerprint density at radius 3 is 2.58 bits per heavy atom. The van der Waals surface area contributed by atoms with Crippen LogP contribution in [0.1, 0.15) is 33.6 Å². The Balaban J connectivity index is 1.70. The van der Waals surface area contributed by atoms with Crippen LogP contribution >= 0.6 is 0 Å². The molecule has 0 aromatic carbocycles. The summed E-state index contributed by atoms with van der Waals surface area (Å²) >= 11 is 0. The highest BCUT2D eigenvalue weighted by Crippen LogP contribution is 2.24. The van der Waals surface area contributed by atoms with Gasteiger partial charge in [0.05, 0.1) is 12.1 Å². The van der Waals surface area contributed by atoms with Crippen LogP contribution in [0.4, 0.5) is 0 Å². The van der Waals surface area contributed by atoms with Gasteiger partial charge in [0.15, 0.2) is 5.96 Å². The van der Waals surface area contributed by atoms with E-state index < -0.39 is 0 Å². The molecule has 7 heteroatoms. The number of ether oxygens (including phenoxy) is 1. The summed E-state index contributed by atoms with van der Waals surface area (Å²) in [6, 6.07) is 0. The quantitative estimate of drug-likeness (QED) is 0.537. The minimum atomic E-state index is -0.106. The van der Waals surface area contributed by atoms with Crippen LogP contribution in [0.2, 0.25) is 0 Å². The number of amides is 1. The van der Waals surface area contributed by atoms with Gasteiger partial charge in [0, 0.05) is 59.3 Å². The maximum atomic E-state index is 11.3. The fourth-order valence-corrected chi connectivity index (χ4v) is 3.17. The summed E-state index contributed by atoms with van der Waals surface area (Å²) in [7, 11) is 0. The van der Waals surface area contributed by atoms with Crippen LogP contribution in [0, 0.1) is 0 Å². The Labute approximate surface area is 145 Å². The Morgan fingerprint density at radius 2 is 2.00 bits per heavy atom. The van der Waals surface area contributed by atoms with Crippen molar-refractivity contribution >= 4 is 11.9 Å². The first-order chi connectivity index (χ1) is 11.5. The number of rotatable bonds is 6. The lowest BCUT2D eigenvalue weighted by molar-refractivity contribution is -0.130. The van der Waals surface area contributed by atoms with Crippen LogP contribution in [0.15, 0.2) is 4.99 Å². The number of guanidine groups is 1. The second kappa shape index (κ2) is 9.22. The molecule has 24 heavy (non-hydrogen) atoms. The number of carbonyl (C=O) groups is 1. The lowest BCUT2D eigenvalue weighted by atomic mass is 10.0. The first-order valence-corrected chi connectivity index (χ1v) is 9.16. The van der Waals surface area contributed by atoms with Crippen LogP contribution in [0.25, 0.3) is 0 Å². The molecule has 2 N–H and O–H groups in total. The zero-order valence-corrected chi connectivity index (χ0v) is 15.4. The number of carbonyl (C=O) groups excluding carboxylic acids is 1. The molecule has 138 valence electrons. The molecule has 0 radical (unpaired) electrons. The molecule has 0 bridgehead atoms.